The van der Waals surface area contributed by atoms with Crippen LogP contribution in [0.5, 0.6) is 5.75 Å². The Balaban J connectivity index is 1.42. The molecule has 1 unspecified atom stereocenters. The number of methoxy groups -OCH3 is 1. The number of fused-ring (bicyclic) bond motifs is 1. The molecule has 1 fully saturated rings. The van der Waals surface area contributed by atoms with Crippen LogP contribution in [0.25, 0.3) is 22.5 Å². The van der Waals surface area contributed by atoms with Gasteiger partial charge in [0.2, 0.25) is 0 Å². The molecule has 1 amide bonds. The highest BCUT2D eigenvalue weighted by molar-refractivity contribution is 8.05. The van der Waals surface area contributed by atoms with Crippen molar-refractivity contribution in [2.24, 2.45) is 0 Å². The number of rotatable bonds is 5. The van der Waals surface area contributed by atoms with Crippen LogP contribution < -0.4 is 15.4 Å². The predicted molar refractivity (Wildman–Crippen MR) is 142 cm³/mol. The van der Waals surface area contributed by atoms with Gasteiger partial charge in [-0.2, -0.15) is 0 Å². The maximum absolute atomic E-state index is 12.7. The number of anilines is 1. The zero-order chi connectivity index (χ0) is 23.8. The summed E-state index contributed by atoms with van der Waals surface area (Å²) < 4.78 is 7.63. The maximum atomic E-state index is 12.7. The SMILES string of the molecule is COc1ccc(Cl)cc1NC1NC(=O)/C(=C/c2cc(C)n(-c3ccc4ccccc4c3)c2C)S1. The fraction of sp³-hybridized carbons (Fsp3) is 0.148. The highest BCUT2D eigenvalue weighted by Crippen LogP contribution is 2.35. The van der Waals surface area contributed by atoms with Gasteiger partial charge in [-0.05, 0) is 72.7 Å². The van der Waals surface area contributed by atoms with E-state index in [-0.39, 0.29) is 11.4 Å². The van der Waals surface area contributed by atoms with Crippen LogP contribution in [0.1, 0.15) is 17.0 Å². The fourth-order valence-electron chi connectivity index (χ4n) is 4.29. The number of carbonyl (C=O) groups excluding carboxylic acids is 1. The molecule has 5 nitrogen and oxygen atoms in total. The number of amides is 1. The van der Waals surface area contributed by atoms with Crippen LogP contribution in [0.3, 0.4) is 0 Å². The summed E-state index contributed by atoms with van der Waals surface area (Å²) >= 11 is 7.57. The Hall–Kier alpha value is -3.35. The number of carbonyl (C=O) groups is 1. The van der Waals surface area contributed by atoms with Crippen molar-refractivity contribution in [3.63, 3.8) is 0 Å². The normalized spacial score (nSPS) is 16.8. The summed E-state index contributed by atoms with van der Waals surface area (Å²) in [4.78, 5) is 13.4. The second-order valence-corrected chi connectivity index (χ2v) is 9.75. The van der Waals surface area contributed by atoms with Crippen LogP contribution in [0, 0.1) is 13.8 Å². The average Bonchev–Trinajstić information content (AvgIpc) is 3.31. The minimum Gasteiger partial charge on any atom is -0.495 e. The molecule has 1 saturated heterocycles. The lowest BCUT2D eigenvalue weighted by Gasteiger charge is -2.15. The molecule has 0 aliphatic carbocycles. The van der Waals surface area contributed by atoms with E-state index >= 15 is 0 Å². The number of halogens is 1. The molecule has 2 N–H and O–H groups in total. The first-order valence-electron chi connectivity index (χ1n) is 10.9. The Labute approximate surface area is 207 Å². The lowest BCUT2D eigenvalue weighted by Crippen LogP contribution is -2.31. The van der Waals surface area contributed by atoms with Crippen molar-refractivity contribution in [2.45, 2.75) is 19.3 Å². The minimum atomic E-state index is -0.324. The zero-order valence-electron chi connectivity index (χ0n) is 19.1. The number of aromatic nitrogens is 1. The Bertz CT molecular complexity index is 1440. The summed E-state index contributed by atoms with van der Waals surface area (Å²) in [5, 5.41) is 9.28. The molecule has 0 spiro atoms. The summed E-state index contributed by atoms with van der Waals surface area (Å²) in [5.74, 6) is 0.551. The number of nitrogens with one attached hydrogen (secondary N) is 2. The molecule has 172 valence electrons. The number of nitrogens with zero attached hydrogens (tertiary/aromatic N) is 1. The number of hydrogen-bond acceptors (Lipinski definition) is 4. The van der Waals surface area contributed by atoms with Crippen molar-refractivity contribution < 1.29 is 9.53 Å². The third-order valence-electron chi connectivity index (χ3n) is 5.93. The van der Waals surface area contributed by atoms with E-state index in [9.17, 15) is 4.79 Å². The van der Waals surface area contributed by atoms with Crippen molar-refractivity contribution in [2.75, 3.05) is 12.4 Å². The Kier molecular flexibility index (Phi) is 6.02. The van der Waals surface area contributed by atoms with Gasteiger partial charge in [0, 0.05) is 22.1 Å². The van der Waals surface area contributed by atoms with E-state index in [2.05, 4.69) is 71.5 Å². The third-order valence-corrected chi connectivity index (χ3v) is 7.19. The van der Waals surface area contributed by atoms with Gasteiger partial charge in [-0.1, -0.05) is 53.7 Å². The molecule has 3 aromatic carbocycles. The first kappa shape index (κ1) is 22.4. The van der Waals surface area contributed by atoms with Gasteiger partial charge in [0.15, 0.2) is 5.50 Å². The van der Waals surface area contributed by atoms with Gasteiger partial charge < -0.3 is 19.9 Å². The van der Waals surface area contributed by atoms with Gasteiger partial charge in [0.05, 0.1) is 17.7 Å². The molecule has 1 aromatic heterocycles. The van der Waals surface area contributed by atoms with Crippen LogP contribution in [0.4, 0.5) is 5.69 Å². The fourth-order valence-corrected chi connectivity index (χ4v) is 5.43. The molecule has 0 bridgehead atoms. The Morgan fingerprint density at radius 3 is 2.65 bits per heavy atom. The van der Waals surface area contributed by atoms with Crippen LogP contribution in [-0.4, -0.2) is 23.1 Å². The van der Waals surface area contributed by atoms with Gasteiger partial charge >= 0.3 is 0 Å². The van der Waals surface area contributed by atoms with Crippen molar-refractivity contribution in [3.8, 4) is 11.4 Å². The average molecular weight is 490 g/mol. The molecule has 4 aromatic rings. The standard InChI is InChI=1S/C27H24ClN3O2S/c1-16-12-20(17(2)31(16)22-10-8-18-6-4-5-7-19(18)13-22)14-25-26(32)30-27(34-25)29-23-15-21(28)9-11-24(23)33-3/h4-15,27,29H,1-3H3,(H,30,32)/b25-14-. The summed E-state index contributed by atoms with van der Waals surface area (Å²) in [7, 11) is 1.60. The van der Waals surface area contributed by atoms with Crippen molar-refractivity contribution >= 4 is 51.8 Å². The topological polar surface area (TPSA) is 55.3 Å². The summed E-state index contributed by atoms with van der Waals surface area (Å²) in [6.07, 6.45) is 1.96. The molecule has 0 saturated carbocycles. The smallest absolute Gasteiger partial charge is 0.260 e. The monoisotopic (exact) mass is 489 g/mol. The third kappa shape index (κ3) is 4.27. The molecule has 1 atom stereocenters. The van der Waals surface area contributed by atoms with Crippen LogP contribution in [-0.2, 0) is 4.79 Å². The lowest BCUT2D eigenvalue weighted by molar-refractivity contribution is -0.116. The van der Waals surface area contributed by atoms with Crippen LogP contribution >= 0.6 is 23.4 Å². The molecule has 5 rings (SSSR count). The molecular formula is C27H24ClN3O2S. The van der Waals surface area contributed by atoms with Gasteiger partial charge in [-0.15, -0.1) is 0 Å². The highest BCUT2D eigenvalue weighted by atomic mass is 35.5. The van der Waals surface area contributed by atoms with E-state index in [0.717, 1.165) is 28.3 Å². The maximum Gasteiger partial charge on any atom is 0.260 e. The quantitative estimate of drug-likeness (QED) is 0.314. The molecule has 1 aliphatic heterocycles. The largest absolute Gasteiger partial charge is 0.495 e. The second-order valence-electron chi connectivity index (χ2n) is 8.16. The van der Waals surface area contributed by atoms with E-state index in [1.807, 2.05) is 12.1 Å². The van der Waals surface area contributed by atoms with Crippen molar-refractivity contribution in [1.29, 1.82) is 0 Å². The first-order valence-corrected chi connectivity index (χ1v) is 12.2. The lowest BCUT2D eigenvalue weighted by atomic mass is 10.1. The predicted octanol–water partition coefficient (Wildman–Crippen LogP) is 6.51. The van der Waals surface area contributed by atoms with E-state index in [0.29, 0.717) is 15.7 Å². The summed E-state index contributed by atoms with van der Waals surface area (Å²) in [6.45, 7) is 4.17. The first-order chi connectivity index (χ1) is 16.4. The van der Waals surface area contributed by atoms with Crippen LogP contribution in [0.15, 0.2) is 71.6 Å². The molecule has 34 heavy (non-hydrogen) atoms. The van der Waals surface area contributed by atoms with Gasteiger partial charge in [-0.3, -0.25) is 4.79 Å². The molecule has 7 heteroatoms. The van der Waals surface area contributed by atoms with Gasteiger partial charge in [0.1, 0.15) is 5.75 Å². The number of aryl methyl sites for hydroxylation is 1. The van der Waals surface area contributed by atoms with E-state index in [1.54, 1.807) is 25.3 Å². The van der Waals surface area contributed by atoms with Crippen molar-refractivity contribution in [1.82, 2.24) is 9.88 Å². The van der Waals surface area contributed by atoms with Crippen molar-refractivity contribution in [3.05, 3.63) is 93.6 Å². The summed E-state index contributed by atoms with van der Waals surface area (Å²) in [6, 6.07) is 22.3. The molecule has 1 aliphatic rings. The minimum absolute atomic E-state index is 0.112. The van der Waals surface area contributed by atoms with Gasteiger partial charge in [-0.25, -0.2) is 0 Å². The molecular weight excluding hydrogens is 466 g/mol. The van der Waals surface area contributed by atoms with Crippen LogP contribution in [0.2, 0.25) is 5.02 Å². The Morgan fingerprint density at radius 2 is 1.85 bits per heavy atom. The number of thioether (sulfide) groups is 1. The van der Waals surface area contributed by atoms with E-state index in [1.165, 1.54) is 22.5 Å². The molecule has 2 heterocycles. The van der Waals surface area contributed by atoms with Gasteiger partial charge in [0.25, 0.3) is 5.91 Å². The zero-order valence-corrected chi connectivity index (χ0v) is 20.6. The molecule has 0 radical (unpaired) electrons. The Morgan fingerprint density at radius 1 is 1.06 bits per heavy atom. The van der Waals surface area contributed by atoms with E-state index in [4.69, 9.17) is 16.3 Å². The number of benzene rings is 3. The summed E-state index contributed by atoms with van der Waals surface area (Å²) in [5.41, 5.74) is 4.72. The number of ether oxygens (including phenoxy) is 1. The highest BCUT2D eigenvalue weighted by Gasteiger charge is 2.28. The number of hydrogen-bond donors (Lipinski definition) is 2. The van der Waals surface area contributed by atoms with E-state index < -0.39 is 0 Å². The second kappa shape index (κ2) is 9.12.